The van der Waals surface area contributed by atoms with Gasteiger partial charge >= 0.3 is 0 Å². The summed E-state index contributed by atoms with van der Waals surface area (Å²) in [4.78, 5) is 15.2. The van der Waals surface area contributed by atoms with E-state index in [1.54, 1.807) is 6.33 Å². The lowest BCUT2D eigenvalue weighted by atomic mass is 10.1. The summed E-state index contributed by atoms with van der Waals surface area (Å²) in [5.41, 5.74) is 3.76. The van der Waals surface area contributed by atoms with Crippen molar-refractivity contribution in [2.45, 2.75) is 6.42 Å². The largest absolute Gasteiger partial charge is 0.493 e. The zero-order valence-electron chi connectivity index (χ0n) is 15.0. The molecule has 0 saturated carbocycles. The normalized spacial score (nSPS) is 12.8. The zero-order valence-corrected chi connectivity index (χ0v) is 15.0. The van der Waals surface area contributed by atoms with E-state index in [1.807, 2.05) is 49.3 Å². The van der Waals surface area contributed by atoms with Gasteiger partial charge in [-0.1, -0.05) is 5.16 Å². The standard InChI is InChI=1S/C20H17N5O2/c1-25(2)19-15-5-3-14(10-16(15)21-11-22-19)20-23-18(24-27-20)13-4-6-17-12(9-13)7-8-26-17/h3-6,9-11H,7-8H2,1-2H3. The molecule has 0 atom stereocenters. The molecule has 0 saturated heterocycles. The van der Waals surface area contributed by atoms with Gasteiger partial charge in [0.05, 0.1) is 12.1 Å². The number of rotatable bonds is 3. The van der Waals surface area contributed by atoms with Crippen LogP contribution in [0.15, 0.2) is 47.2 Å². The third kappa shape index (κ3) is 2.68. The highest BCUT2D eigenvalue weighted by molar-refractivity contribution is 5.91. The molecule has 1 aliphatic rings. The quantitative estimate of drug-likeness (QED) is 0.555. The SMILES string of the molecule is CN(C)c1ncnc2cc(-c3nc(-c4ccc5c(c4)CCO5)no3)ccc12. The summed E-state index contributed by atoms with van der Waals surface area (Å²) >= 11 is 0. The first-order valence-electron chi connectivity index (χ1n) is 8.71. The minimum absolute atomic E-state index is 0.466. The maximum absolute atomic E-state index is 5.55. The molecule has 0 bridgehead atoms. The first-order chi connectivity index (χ1) is 13.2. The molecule has 0 spiro atoms. The summed E-state index contributed by atoms with van der Waals surface area (Å²) in [7, 11) is 3.92. The Hall–Kier alpha value is -3.48. The lowest BCUT2D eigenvalue weighted by molar-refractivity contribution is 0.357. The van der Waals surface area contributed by atoms with Crippen molar-refractivity contribution in [3.8, 4) is 28.6 Å². The molecular weight excluding hydrogens is 342 g/mol. The van der Waals surface area contributed by atoms with Crippen LogP contribution in [-0.2, 0) is 6.42 Å². The summed E-state index contributed by atoms with van der Waals surface area (Å²) in [6, 6.07) is 11.9. The van der Waals surface area contributed by atoms with Crippen molar-refractivity contribution in [1.82, 2.24) is 20.1 Å². The second kappa shape index (κ2) is 6.05. The smallest absolute Gasteiger partial charge is 0.258 e. The Morgan fingerprint density at radius 3 is 2.78 bits per heavy atom. The van der Waals surface area contributed by atoms with E-state index in [1.165, 1.54) is 5.56 Å². The highest BCUT2D eigenvalue weighted by atomic mass is 16.5. The van der Waals surface area contributed by atoms with Gasteiger partial charge in [-0.15, -0.1) is 0 Å². The summed E-state index contributed by atoms with van der Waals surface area (Å²) in [6.07, 6.45) is 2.47. The number of anilines is 1. The fraction of sp³-hybridized carbons (Fsp3) is 0.200. The van der Waals surface area contributed by atoms with E-state index in [-0.39, 0.29) is 0 Å². The maximum atomic E-state index is 5.55. The predicted molar refractivity (Wildman–Crippen MR) is 102 cm³/mol. The number of fused-ring (bicyclic) bond motifs is 2. The molecule has 2 aromatic heterocycles. The van der Waals surface area contributed by atoms with Gasteiger partial charge in [-0.2, -0.15) is 4.98 Å². The van der Waals surface area contributed by atoms with Crippen LogP contribution in [0.4, 0.5) is 5.82 Å². The molecule has 1 aliphatic heterocycles. The third-order valence-electron chi connectivity index (χ3n) is 4.66. The predicted octanol–water partition coefficient (Wildman–Crippen LogP) is 3.35. The second-order valence-corrected chi connectivity index (χ2v) is 6.67. The number of hydrogen-bond donors (Lipinski definition) is 0. The lowest BCUT2D eigenvalue weighted by Crippen LogP contribution is -2.11. The molecule has 0 fully saturated rings. The zero-order chi connectivity index (χ0) is 18.4. The van der Waals surface area contributed by atoms with Crippen molar-refractivity contribution < 1.29 is 9.26 Å². The van der Waals surface area contributed by atoms with Crippen molar-refractivity contribution in [2.75, 3.05) is 25.6 Å². The Balaban J connectivity index is 1.52. The Kier molecular flexibility index (Phi) is 3.53. The van der Waals surface area contributed by atoms with Crippen LogP contribution in [-0.4, -0.2) is 40.8 Å². The Morgan fingerprint density at radius 2 is 1.89 bits per heavy atom. The molecule has 7 nitrogen and oxygen atoms in total. The van der Waals surface area contributed by atoms with Crippen LogP contribution < -0.4 is 9.64 Å². The molecule has 0 unspecified atom stereocenters. The van der Waals surface area contributed by atoms with Gasteiger partial charge in [0.25, 0.3) is 5.89 Å². The first-order valence-corrected chi connectivity index (χ1v) is 8.71. The highest BCUT2D eigenvalue weighted by Crippen LogP contribution is 2.31. The highest BCUT2D eigenvalue weighted by Gasteiger charge is 2.16. The van der Waals surface area contributed by atoms with Gasteiger partial charge in [0.2, 0.25) is 5.82 Å². The van der Waals surface area contributed by atoms with Crippen LogP contribution in [0.25, 0.3) is 33.7 Å². The van der Waals surface area contributed by atoms with Gasteiger partial charge in [0.15, 0.2) is 0 Å². The molecule has 134 valence electrons. The second-order valence-electron chi connectivity index (χ2n) is 6.67. The van der Waals surface area contributed by atoms with E-state index in [9.17, 15) is 0 Å². The molecule has 27 heavy (non-hydrogen) atoms. The average Bonchev–Trinajstić information content (AvgIpc) is 3.35. The number of nitrogens with zero attached hydrogens (tertiary/aromatic N) is 5. The van der Waals surface area contributed by atoms with Gasteiger partial charge in [0, 0.05) is 37.0 Å². The van der Waals surface area contributed by atoms with Crippen LogP contribution in [0.3, 0.4) is 0 Å². The number of ether oxygens (including phenoxy) is 1. The van der Waals surface area contributed by atoms with E-state index in [0.29, 0.717) is 11.7 Å². The maximum Gasteiger partial charge on any atom is 0.258 e. The Labute approximate surface area is 155 Å². The molecular formula is C20H17N5O2. The topological polar surface area (TPSA) is 77.2 Å². The van der Waals surface area contributed by atoms with Crippen LogP contribution in [0.2, 0.25) is 0 Å². The Morgan fingerprint density at radius 1 is 1.00 bits per heavy atom. The summed E-state index contributed by atoms with van der Waals surface area (Å²) < 4.78 is 11.1. The van der Waals surface area contributed by atoms with Gasteiger partial charge < -0.3 is 14.2 Å². The summed E-state index contributed by atoms with van der Waals surface area (Å²) in [5, 5.41) is 5.12. The molecule has 0 radical (unpaired) electrons. The van der Waals surface area contributed by atoms with Crippen molar-refractivity contribution in [1.29, 1.82) is 0 Å². The van der Waals surface area contributed by atoms with E-state index >= 15 is 0 Å². The van der Waals surface area contributed by atoms with Crippen molar-refractivity contribution in [3.63, 3.8) is 0 Å². The molecule has 0 aliphatic carbocycles. The molecule has 0 N–H and O–H groups in total. The Bertz CT molecular complexity index is 1150. The van der Waals surface area contributed by atoms with Crippen molar-refractivity contribution in [2.24, 2.45) is 0 Å². The third-order valence-corrected chi connectivity index (χ3v) is 4.66. The van der Waals surface area contributed by atoms with Crippen LogP contribution in [0.5, 0.6) is 5.75 Å². The van der Waals surface area contributed by atoms with E-state index in [2.05, 4.69) is 26.2 Å². The van der Waals surface area contributed by atoms with E-state index < -0.39 is 0 Å². The molecule has 0 amide bonds. The molecule has 7 heteroatoms. The van der Waals surface area contributed by atoms with Crippen molar-refractivity contribution >= 4 is 16.7 Å². The van der Waals surface area contributed by atoms with Crippen LogP contribution in [0.1, 0.15) is 5.56 Å². The molecule has 3 heterocycles. The fourth-order valence-corrected chi connectivity index (χ4v) is 3.32. The molecule has 5 rings (SSSR count). The van der Waals surface area contributed by atoms with Gasteiger partial charge in [-0.25, -0.2) is 9.97 Å². The summed E-state index contributed by atoms with van der Waals surface area (Å²) in [5.74, 6) is 2.84. The van der Waals surface area contributed by atoms with Crippen molar-refractivity contribution in [3.05, 3.63) is 48.3 Å². The molecule has 4 aromatic rings. The van der Waals surface area contributed by atoms with Crippen LogP contribution in [0, 0.1) is 0 Å². The number of hydrogen-bond acceptors (Lipinski definition) is 7. The minimum Gasteiger partial charge on any atom is -0.493 e. The average molecular weight is 359 g/mol. The first kappa shape index (κ1) is 15.7. The molecule has 2 aromatic carbocycles. The number of benzene rings is 2. The van der Waals surface area contributed by atoms with E-state index in [0.717, 1.165) is 46.6 Å². The van der Waals surface area contributed by atoms with E-state index in [4.69, 9.17) is 9.26 Å². The fourth-order valence-electron chi connectivity index (χ4n) is 3.32. The van der Waals surface area contributed by atoms with Gasteiger partial charge in [0.1, 0.15) is 17.9 Å². The lowest BCUT2D eigenvalue weighted by Gasteiger charge is -2.13. The van der Waals surface area contributed by atoms with Gasteiger partial charge in [-0.3, -0.25) is 0 Å². The summed E-state index contributed by atoms with van der Waals surface area (Å²) in [6.45, 7) is 0.726. The monoisotopic (exact) mass is 359 g/mol. The number of aromatic nitrogens is 4. The van der Waals surface area contributed by atoms with Crippen LogP contribution >= 0.6 is 0 Å². The van der Waals surface area contributed by atoms with Gasteiger partial charge in [-0.05, 0) is 42.0 Å². The minimum atomic E-state index is 0.466.